The second kappa shape index (κ2) is 6.88. The average Bonchev–Trinajstić information content (AvgIpc) is 2.81. The smallest absolute Gasteiger partial charge is 0.0540 e. The van der Waals surface area contributed by atoms with E-state index in [1.165, 1.54) is 49.6 Å². The normalized spacial score (nSPS) is 14.2. The summed E-state index contributed by atoms with van der Waals surface area (Å²) in [5.74, 6) is 0. The van der Waals surface area contributed by atoms with Gasteiger partial charge in [0, 0.05) is 27.8 Å². The first kappa shape index (κ1) is 18.0. The minimum absolute atomic E-state index is 0.834. The van der Waals surface area contributed by atoms with E-state index in [2.05, 4.69) is 96.8 Å². The second-order valence-electron chi connectivity index (χ2n) is 8.39. The van der Waals surface area contributed by atoms with Gasteiger partial charge in [0.2, 0.25) is 0 Å². The van der Waals surface area contributed by atoms with Gasteiger partial charge in [0.25, 0.3) is 0 Å². The maximum absolute atomic E-state index is 6.36. The van der Waals surface area contributed by atoms with E-state index in [4.69, 9.17) is 5.73 Å². The van der Waals surface area contributed by atoms with Crippen LogP contribution in [0.1, 0.15) is 19.8 Å². The fraction of sp³-hybridized carbons (Fsp3) is 0.103. The fourth-order valence-corrected chi connectivity index (χ4v) is 5.04. The first-order valence-corrected chi connectivity index (χ1v) is 10.9. The fourth-order valence-electron chi connectivity index (χ4n) is 5.04. The molecule has 150 valence electrons. The first-order chi connectivity index (χ1) is 15.2. The van der Waals surface area contributed by atoms with Crippen molar-refractivity contribution in [3.63, 3.8) is 0 Å². The Kier molecular flexibility index (Phi) is 4.00. The number of nitrogens with two attached hydrogens (primary N) is 1. The molecule has 5 aromatic carbocycles. The number of benzene rings is 5. The van der Waals surface area contributed by atoms with Crippen LogP contribution in [0, 0.1) is 0 Å². The quantitative estimate of drug-likeness (QED) is 0.246. The third-order valence-electron chi connectivity index (χ3n) is 6.53. The predicted octanol–water partition coefficient (Wildman–Crippen LogP) is 7.93. The van der Waals surface area contributed by atoms with Crippen LogP contribution in [-0.2, 0) is 0 Å². The van der Waals surface area contributed by atoms with Gasteiger partial charge in [-0.2, -0.15) is 0 Å². The summed E-state index contributed by atoms with van der Waals surface area (Å²) in [6.45, 7) is 2.22. The number of nitrogens with zero attached hydrogens (tertiary/aromatic N) is 1. The van der Waals surface area contributed by atoms with E-state index in [0.717, 1.165) is 23.9 Å². The van der Waals surface area contributed by atoms with Gasteiger partial charge in [0.1, 0.15) is 0 Å². The van der Waals surface area contributed by atoms with Crippen LogP contribution in [0.25, 0.3) is 32.3 Å². The van der Waals surface area contributed by atoms with Crippen LogP contribution in [0.3, 0.4) is 0 Å². The molecule has 2 N–H and O–H groups in total. The van der Waals surface area contributed by atoms with Gasteiger partial charge in [-0.3, -0.25) is 0 Å². The maximum atomic E-state index is 6.36. The second-order valence-corrected chi connectivity index (χ2v) is 8.39. The molecule has 0 fully saturated rings. The zero-order valence-corrected chi connectivity index (χ0v) is 17.6. The molecule has 0 saturated carbocycles. The van der Waals surface area contributed by atoms with Crippen molar-refractivity contribution in [2.75, 3.05) is 10.6 Å². The van der Waals surface area contributed by atoms with E-state index >= 15 is 0 Å². The average molecular weight is 401 g/mol. The summed E-state index contributed by atoms with van der Waals surface area (Å²) < 4.78 is 0. The molecule has 2 heteroatoms. The van der Waals surface area contributed by atoms with Crippen molar-refractivity contribution in [2.45, 2.75) is 19.8 Å². The molecular formula is C29H24N2. The van der Waals surface area contributed by atoms with Crippen molar-refractivity contribution in [1.29, 1.82) is 0 Å². The largest absolute Gasteiger partial charge is 0.398 e. The summed E-state index contributed by atoms with van der Waals surface area (Å²) >= 11 is 0. The Morgan fingerprint density at radius 3 is 2.10 bits per heavy atom. The molecule has 1 aliphatic carbocycles. The van der Waals surface area contributed by atoms with E-state index in [9.17, 15) is 0 Å². The Morgan fingerprint density at radius 1 is 0.677 bits per heavy atom. The lowest BCUT2D eigenvalue weighted by Gasteiger charge is -2.31. The highest BCUT2D eigenvalue weighted by atomic mass is 15.2. The molecule has 0 aliphatic heterocycles. The number of anilines is 3. The molecule has 6 rings (SSSR count). The first-order valence-electron chi connectivity index (χ1n) is 10.9. The van der Waals surface area contributed by atoms with Crippen LogP contribution in [0.5, 0.6) is 0 Å². The van der Waals surface area contributed by atoms with E-state index < -0.39 is 0 Å². The van der Waals surface area contributed by atoms with Gasteiger partial charge in [-0.05, 0) is 71.1 Å². The molecule has 5 aromatic rings. The Hall–Kier alpha value is -3.78. The molecule has 31 heavy (non-hydrogen) atoms. The van der Waals surface area contributed by atoms with Gasteiger partial charge >= 0.3 is 0 Å². The summed E-state index contributed by atoms with van der Waals surface area (Å²) in [7, 11) is 0. The van der Waals surface area contributed by atoms with Crippen LogP contribution in [-0.4, -0.2) is 0 Å². The minimum atomic E-state index is 0.834. The van der Waals surface area contributed by atoms with E-state index in [-0.39, 0.29) is 0 Å². The summed E-state index contributed by atoms with van der Waals surface area (Å²) in [6, 6.07) is 28.2. The Labute approximate surface area is 182 Å². The maximum Gasteiger partial charge on any atom is 0.0540 e. The summed E-state index contributed by atoms with van der Waals surface area (Å²) in [5.41, 5.74) is 12.2. The van der Waals surface area contributed by atoms with Gasteiger partial charge in [0.05, 0.1) is 5.69 Å². The van der Waals surface area contributed by atoms with Gasteiger partial charge in [0.15, 0.2) is 0 Å². The van der Waals surface area contributed by atoms with Crippen molar-refractivity contribution in [3.05, 3.63) is 102 Å². The van der Waals surface area contributed by atoms with Crippen molar-refractivity contribution < 1.29 is 0 Å². The van der Waals surface area contributed by atoms with Gasteiger partial charge in [-0.1, -0.05) is 66.7 Å². The molecule has 0 heterocycles. The van der Waals surface area contributed by atoms with Crippen molar-refractivity contribution in [2.24, 2.45) is 0 Å². The zero-order chi connectivity index (χ0) is 20.9. The molecule has 1 aliphatic rings. The summed E-state index contributed by atoms with van der Waals surface area (Å²) in [5, 5.41) is 7.42. The number of hydrogen-bond acceptors (Lipinski definition) is 2. The van der Waals surface area contributed by atoms with Crippen molar-refractivity contribution in [1.82, 2.24) is 0 Å². The minimum Gasteiger partial charge on any atom is -0.398 e. The summed E-state index contributed by atoms with van der Waals surface area (Å²) in [6.07, 6.45) is 6.90. The van der Waals surface area contributed by atoms with E-state index in [0.29, 0.717) is 0 Å². The van der Waals surface area contributed by atoms with Crippen LogP contribution < -0.4 is 10.6 Å². The molecule has 0 spiro atoms. The number of para-hydroxylation sites is 1. The highest BCUT2D eigenvalue weighted by Gasteiger charge is 2.21. The van der Waals surface area contributed by atoms with Crippen LogP contribution in [0.15, 0.2) is 102 Å². The highest BCUT2D eigenvalue weighted by Crippen LogP contribution is 2.44. The molecule has 0 amide bonds. The molecule has 0 aromatic heterocycles. The molecule has 0 unspecified atom stereocenters. The number of nitrogen functional groups attached to an aromatic ring is 1. The Bertz CT molecular complexity index is 1490. The van der Waals surface area contributed by atoms with E-state index in [1.807, 2.05) is 6.07 Å². The third kappa shape index (κ3) is 2.72. The number of allylic oxidation sites excluding steroid dienone is 3. The molecule has 2 nitrogen and oxygen atoms in total. The highest BCUT2D eigenvalue weighted by molar-refractivity contribution is 6.27. The van der Waals surface area contributed by atoms with Gasteiger partial charge < -0.3 is 10.6 Å². The number of rotatable bonds is 3. The zero-order valence-electron chi connectivity index (χ0n) is 17.6. The molecular weight excluding hydrogens is 376 g/mol. The monoisotopic (exact) mass is 400 g/mol. The molecule has 0 bridgehead atoms. The molecule has 0 saturated heterocycles. The Morgan fingerprint density at radius 2 is 1.32 bits per heavy atom. The molecule has 0 atom stereocenters. The molecule has 0 radical (unpaired) electrons. The van der Waals surface area contributed by atoms with E-state index in [1.54, 1.807) is 0 Å². The van der Waals surface area contributed by atoms with Crippen LogP contribution in [0.2, 0.25) is 0 Å². The van der Waals surface area contributed by atoms with Crippen molar-refractivity contribution >= 4 is 49.4 Å². The standard InChI is InChI=1S/C29H24N2/c1-19-7-5-6-10-26(19)31(22-8-3-2-4-9-22)27-18-14-21-11-15-23-25(30)17-13-20-12-16-24(27)29(21)28(20)23/h2-4,7-18H,5-6,30H2,1H3. The lowest BCUT2D eigenvalue weighted by molar-refractivity contribution is 0.968. The Balaban J connectivity index is 1.71. The van der Waals surface area contributed by atoms with Crippen LogP contribution in [0.4, 0.5) is 17.1 Å². The third-order valence-corrected chi connectivity index (χ3v) is 6.53. The topological polar surface area (TPSA) is 29.3 Å². The lowest BCUT2D eigenvalue weighted by atomic mass is 9.92. The SMILES string of the molecule is CC1=CCCC=C1N(c1ccccc1)c1ccc2ccc3c(N)ccc4ccc1c2c43. The number of hydrogen-bond donors (Lipinski definition) is 1. The van der Waals surface area contributed by atoms with Gasteiger partial charge in [-0.25, -0.2) is 0 Å². The van der Waals surface area contributed by atoms with Gasteiger partial charge in [-0.15, -0.1) is 0 Å². The van der Waals surface area contributed by atoms with Crippen molar-refractivity contribution in [3.8, 4) is 0 Å². The summed E-state index contributed by atoms with van der Waals surface area (Å²) in [4.78, 5) is 2.42. The predicted molar refractivity (Wildman–Crippen MR) is 134 cm³/mol. The van der Waals surface area contributed by atoms with Crippen LogP contribution >= 0.6 is 0 Å². The lowest BCUT2D eigenvalue weighted by Crippen LogP contribution is -2.19.